The second kappa shape index (κ2) is 5.68. The van der Waals surface area contributed by atoms with Crippen molar-refractivity contribution in [3.05, 3.63) is 40.7 Å². The van der Waals surface area contributed by atoms with Crippen LogP contribution in [0.3, 0.4) is 0 Å². The van der Waals surface area contributed by atoms with Crippen LogP contribution in [0.1, 0.15) is 36.7 Å². The van der Waals surface area contributed by atoms with Crippen LogP contribution < -0.4 is 0 Å². The second-order valence-corrected chi connectivity index (χ2v) is 6.03. The molecule has 0 aliphatic carbocycles. The molecule has 0 N–H and O–H groups in total. The average molecular weight is 291 g/mol. The normalized spacial score (nSPS) is 14.5. The molecule has 1 aromatic rings. The molecule has 2 rings (SSSR count). The number of amides is 1. The van der Waals surface area contributed by atoms with E-state index in [1.165, 1.54) is 12.1 Å². The SMILES string of the molecule is CC(C)(C)OC(=O)N1CC(=Cc2ccc(F)cc2C=O)C1. The third kappa shape index (κ3) is 3.90. The van der Waals surface area contributed by atoms with E-state index in [-0.39, 0.29) is 6.09 Å². The summed E-state index contributed by atoms with van der Waals surface area (Å²) < 4.78 is 18.3. The molecule has 1 saturated heterocycles. The number of ether oxygens (including phenoxy) is 1. The Morgan fingerprint density at radius 3 is 2.52 bits per heavy atom. The van der Waals surface area contributed by atoms with Crippen molar-refractivity contribution in [3.63, 3.8) is 0 Å². The van der Waals surface area contributed by atoms with Crippen molar-refractivity contribution in [2.45, 2.75) is 26.4 Å². The highest BCUT2D eigenvalue weighted by atomic mass is 19.1. The monoisotopic (exact) mass is 291 g/mol. The van der Waals surface area contributed by atoms with E-state index in [0.717, 1.165) is 5.57 Å². The first kappa shape index (κ1) is 15.2. The van der Waals surface area contributed by atoms with Gasteiger partial charge in [0.2, 0.25) is 0 Å². The molecule has 21 heavy (non-hydrogen) atoms. The average Bonchev–Trinajstić information content (AvgIpc) is 2.32. The highest BCUT2D eigenvalue weighted by Gasteiger charge is 2.29. The van der Waals surface area contributed by atoms with E-state index < -0.39 is 11.4 Å². The predicted octanol–water partition coefficient (Wildman–Crippen LogP) is 3.27. The molecule has 1 amide bonds. The fraction of sp³-hybridized carbons (Fsp3) is 0.375. The maximum Gasteiger partial charge on any atom is 0.410 e. The Balaban J connectivity index is 2.01. The van der Waals surface area contributed by atoms with Gasteiger partial charge in [-0.1, -0.05) is 12.1 Å². The molecule has 4 nitrogen and oxygen atoms in total. The summed E-state index contributed by atoms with van der Waals surface area (Å²) in [4.78, 5) is 24.3. The van der Waals surface area contributed by atoms with Crippen molar-refractivity contribution in [2.75, 3.05) is 13.1 Å². The van der Waals surface area contributed by atoms with Gasteiger partial charge in [-0.3, -0.25) is 4.79 Å². The molecule has 1 aliphatic rings. The van der Waals surface area contributed by atoms with Gasteiger partial charge in [0.1, 0.15) is 11.4 Å². The van der Waals surface area contributed by atoms with Gasteiger partial charge in [0, 0.05) is 18.7 Å². The van der Waals surface area contributed by atoms with Crippen molar-refractivity contribution in [3.8, 4) is 0 Å². The van der Waals surface area contributed by atoms with Crippen molar-refractivity contribution < 1.29 is 18.7 Å². The van der Waals surface area contributed by atoms with Crippen LogP contribution in [0.25, 0.3) is 6.08 Å². The van der Waals surface area contributed by atoms with Crippen molar-refractivity contribution in [1.82, 2.24) is 4.90 Å². The zero-order valence-electron chi connectivity index (χ0n) is 12.4. The minimum atomic E-state index is -0.516. The van der Waals surface area contributed by atoms with Crippen LogP contribution in [0.5, 0.6) is 0 Å². The van der Waals surface area contributed by atoms with Gasteiger partial charge in [0.05, 0.1) is 0 Å². The third-order valence-electron chi connectivity index (χ3n) is 2.98. The van der Waals surface area contributed by atoms with Crippen LogP contribution >= 0.6 is 0 Å². The number of hydrogen-bond acceptors (Lipinski definition) is 3. The molecule has 0 atom stereocenters. The van der Waals surface area contributed by atoms with Crippen molar-refractivity contribution in [1.29, 1.82) is 0 Å². The molecule has 5 heteroatoms. The summed E-state index contributed by atoms with van der Waals surface area (Å²) in [5.41, 5.74) is 1.44. The number of rotatable bonds is 2. The Kier molecular flexibility index (Phi) is 4.11. The van der Waals surface area contributed by atoms with Crippen LogP contribution in [0, 0.1) is 5.82 Å². The summed E-state index contributed by atoms with van der Waals surface area (Å²) in [5, 5.41) is 0. The minimum absolute atomic E-state index is 0.304. The van der Waals surface area contributed by atoms with Crippen LogP contribution in [-0.2, 0) is 4.74 Å². The molecule has 112 valence electrons. The predicted molar refractivity (Wildman–Crippen MR) is 77.6 cm³/mol. The zero-order valence-corrected chi connectivity index (χ0v) is 12.4. The second-order valence-electron chi connectivity index (χ2n) is 6.03. The van der Waals surface area contributed by atoms with E-state index in [1.807, 2.05) is 26.8 Å². The van der Waals surface area contributed by atoms with E-state index >= 15 is 0 Å². The Labute approximate surface area is 123 Å². The Morgan fingerprint density at radius 2 is 1.95 bits per heavy atom. The molecule has 1 heterocycles. The standard InChI is InChI=1S/C16H18FNO3/c1-16(2,3)21-15(20)18-8-11(9-18)6-12-4-5-14(17)7-13(12)10-19/h4-7,10H,8-9H2,1-3H3. The number of halogens is 1. The van der Waals surface area contributed by atoms with Crippen LogP contribution in [0.15, 0.2) is 23.8 Å². The number of carbonyl (C=O) groups is 2. The molecule has 1 aliphatic heterocycles. The van der Waals surface area contributed by atoms with E-state index in [2.05, 4.69) is 0 Å². The van der Waals surface area contributed by atoms with Gasteiger partial charge in [0.15, 0.2) is 6.29 Å². The van der Waals surface area contributed by atoms with Gasteiger partial charge in [-0.2, -0.15) is 0 Å². The lowest BCUT2D eigenvalue weighted by atomic mass is 10.0. The minimum Gasteiger partial charge on any atom is -0.444 e. The van der Waals surface area contributed by atoms with E-state index in [9.17, 15) is 14.0 Å². The molecule has 0 spiro atoms. The molecular weight excluding hydrogens is 273 g/mol. The lowest BCUT2D eigenvalue weighted by Crippen LogP contribution is -2.46. The van der Waals surface area contributed by atoms with Crippen molar-refractivity contribution >= 4 is 18.5 Å². The maximum atomic E-state index is 13.0. The molecule has 0 unspecified atom stereocenters. The third-order valence-corrected chi connectivity index (χ3v) is 2.98. The van der Waals surface area contributed by atoms with E-state index in [1.54, 1.807) is 11.0 Å². The topological polar surface area (TPSA) is 46.6 Å². The molecular formula is C16H18FNO3. The summed E-state index contributed by atoms with van der Waals surface area (Å²) in [6.07, 6.45) is 2.08. The lowest BCUT2D eigenvalue weighted by molar-refractivity contribution is 0.0216. The van der Waals surface area contributed by atoms with Crippen LogP contribution in [0.2, 0.25) is 0 Å². The van der Waals surface area contributed by atoms with Gasteiger partial charge >= 0.3 is 6.09 Å². The lowest BCUT2D eigenvalue weighted by Gasteiger charge is -2.35. The van der Waals surface area contributed by atoms with Crippen LogP contribution in [0.4, 0.5) is 9.18 Å². The zero-order chi connectivity index (χ0) is 15.6. The largest absolute Gasteiger partial charge is 0.444 e. The number of carbonyl (C=O) groups excluding carboxylic acids is 2. The number of hydrogen-bond donors (Lipinski definition) is 0. The summed E-state index contributed by atoms with van der Waals surface area (Å²) in [6, 6.07) is 4.07. The number of benzene rings is 1. The first-order valence-electron chi connectivity index (χ1n) is 6.70. The smallest absolute Gasteiger partial charge is 0.410 e. The van der Waals surface area contributed by atoms with Gasteiger partial charge in [-0.15, -0.1) is 0 Å². The maximum absolute atomic E-state index is 13.0. The molecule has 0 radical (unpaired) electrons. The van der Waals surface area contributed by atoms with Gasteiger partial charge in [-0.05, 0) is 44.0 Å². The number of nitrogens with zero attached hydrogens (tertiary/aromatic N) is 1. The highest BCUT2D eigenvalue weighted by molar-refractivity contribution is 5.83. The molecule has 1 aromatic carbocycles. The van der Waals surface area contributed by atoms with Gasteiger partial charge < -0.3 is 9.64 Å². The van der Waals surface area contributed by atoms with E-state index in [0.29, 0.717) is 30.5 Å². The van der Waals surface area contributed by atoms with Crippen molar-refractivity contribution in [2.24, 2.45) is 0 Å². The van der Waals surface area contributed by atoms with Gasteiger partial charge in [-0.25, -0.2) is 9.18 Å². The summed E-state index contributed by atoms with van der Waals surface area (Å²) in [5.74, 6) is -0.441. The Morgan fingerprint density at radius 1 is 1.29 bits per heavy atom. The van der Waals surface area contributed by atoms with Crippen LogP contribution in [-0.4, -0.2) is 36.0 Å². The molecule has 1 fully saturated rings. The highest BCUT2D eigenvalue weighted by Crippen LogP contribution is 2.22. The Bertz CT molecular complexity index is 594. The fourth-order valence-corrected chi connectivity index (χ4v) is 1.99. The summed E-state index contributed by atoms with van der Waals surface area (Å²) in [7, 11) is 0. The summed E-state index contributed by atoms with van der Waals surface area (Å²) >= 11 is 0. The fourth-order valence-electron chi connectivity index (χ4n) is 1.99. The van der Waals surface area contributed by atoms with Gasteiger partial charge in [0.25, 0.3) is 0 Å². The molecule has 0 aromatic heterocycles. The first-order valence-corrected chi connectivity index (χ1v) is 6.70. The molecule has 0 bridgehead atoms. The quantitative estimate of drug-likeness (QED) is 0.786. The first-order chi connectivity index (χ1) is 9.78. The summed E-state index contributed by atoms with van der Waals surface area (Å²) in [6.45, 7) is 6.37. The molecule has 0 saturated carbocycles. The Hall–Kier alpha value is -2.17. The number of aldehydes is 1. The number of likely N-dealkylation sites (tertiary alicyclic amines) is 1. The van der Waals surface area contributed by atoms with E-state index in [4.69, 9.17) is 4.74 Å².